The number of aromatic nitrogens is 2. The number of rotatable bonds is 2. The van der Waals surface area contributed by atoms with E-state index in [2.05, 4.69) is 27.1 Å². The van der Waals surface area contributed by atoms with Crippen LogP contribution in [0, 0.1) is 18.8 Å². The highest BCUT2D eigenvalue weighted by molar-refractivity contribution is 6.05. The van der Waals surface area contributed by atoms with E-state index in [1.54, 1.807) is 30.6 Å². The molecule has 2 aromatic rings. The van der Waals surface area contributed by atoms with Gasteiger partial charge in [-0.15, -0.1) is 0 Å². The molecule has 0 fully saturated rings. The minimum atomic E-state index is -0.291. The predicted molar refractivity (Wildman–Crippen MR) is 77.1 cm³/mol. The van der Waals surface area contributed by atoms with Gasteiger partial charge in [-0.3, -0.25) is 10.1 Å². The van der Waals surface area contributed by atoms with Gasteiger partial charge in [-0.2, -0.15) is 0 Å². The SMILES string of the molecule is Cc1ccc(C#CCN)c(C(=O)Nc2ncccn2)c1. The van der Waals surface area contributed by atoms with Crippen molar-refractivity contribution in [1.82, 2.24) is 9.97 Å². The van der Waals surface area contributed by atoms with E-state index in [1.165, 1.54) is 0 Å². The number of amides is 1. The van der Waals surface area contributed by atoms with E-state index in [-0.39, 0.29) is 18.4 Å². The molecule has 0 radical (unpaired) electrons. The predicted octanol–water partition coefficient (Wildman–Crippen LogP) is 1.35. The summed E-state index contributed by atoms with van der Waals surface area (Å²) in [5.41, 5.74) is 7.45. The number of nitrogens with two attached hydrogens (primary N) is 1. The fraction of sp³-hybridized carbons (Fsp3) is 0.133. The van der Waals surface area contributed by atoms with E-state index in [9.17, 15) is 4.79 Å². The van der Waals surface area contributed by atoms with Crippen molar-refractivity contribution in [3.05, 3.63) is 53.3 Å². The lowest BCUT2D eigenvalue weighted by atomic mass is 10.0. The van der Waals surface area contributed by atoms with Gasteiger partial charge in [0.05, 0.1) is 12.1 Å². The molecule has 1 amide bonds. The Hall–Kier alpha value is -2.71. The van der Waals surface area contributed by atoms with Crippen LogP contribution >= 0.6 is 0 Å². The van der Waals surface area contributed by atoms with Crippen molar-refractivity contribution in [2.24, 2.45) is 5.73 Å². The highest BCUT2D eigenvalue weighted by Crippen LogP contribution is 2.12. The molecule has 0 atom stereocenters. The van der Waals surface area contributed by atoms with E-state index in [4.69, 9.17) is 5.73 Å². The topological polar surface area (TPSA) is 80.9 Å². The first-order valence-corrected chi connectivity index (χ1v) is 6.08. The monoisotopic (exact) mass is 266 g/mol. The third-order valence-corrected chi connectivity index (χ3v) is 2.54. The molecule has 1 heterocycles. The Kier molecular flexibility index (Phi) is 4.43. The summed E-state index contributed by atoms with van der Waals surface area (Å²) < 4.78 is 0. The minimum absolute atomic E-state index is 0.247. The summed E-state index contributed by atoms with van der Waals surface area (Å²) in [6.45, 7) is 2.16. The molecule has 0 bridgehead atoms. The zero-order chi connectivity index (χ0) is 14.4. The molecule has 1 aromatic carbocycles. The van der Waals surface area contributed by atoms with Crippen LogP contribution in [0.2, 0.25) is 0 Å². The van der Waals surface area contributed by atoms with Crippen molar-refractivity contribution in [3.8, 4) is 11.8 Å². The summed E-state index contributed by atoms with van der Waals surface area (Å²) in [6, 6.07) is 7.16. The Morgan fingerprint density at radius 2 is 2.10 bits per heavy atom. The molecule has 0 saturated carbocycles. The Labute approximate surface area is 117 Å². The van der Waals surface area contributed by atoms with Gasteiger partial charge in [0.1, 0.15) is 0 Å². The lowest BCUT2D eigenvalue weighted by Gasteiger charge is -2.06. The number of nitrogens with zero attached hydrogens (tertiary/aromatic N) is 2. The van der Waals surface area contributed by atoms with Crippen molar-refractivity contribution >= 4 is 11.9 Å². The van der Waals surface area contributed by atoms with Crippen molar-refractivity contribution in [2.75, 3.05) is 11.9 Å². The molecule has 0 unspecified atom stereocenters. The van der Waals surface area contributed by atoms with Crippen LogP contribution in [0.25, 0.3) is 0 Å². The molecule has 0 aliphatic rings. The molecule has 0 spiro atoms. The van der Waals surface area contributed by atoms with E-state index in [0.29, 0.717) is 11.1 Å². The van der Waals surface area contributed by atoms with Gasteiger partial charge in [-0.05, 0) is 25.1 Å². The summed E-state index contributed by atoms with van der Waals surface area (Å²) in [5.74, 6) is 5.61. The van der Waals surface area contributed by atoms with Crippen LogP contribution in [0.4, 0.5) is 5.95 Å². The van der Waals surface area contributed by atoms with Crippen LogP contribution in [0.1, 0.15) is 21.5 Å². The molecule has 3 N–H and O–H groups in total. The lowest BCUT2D eigenvalue weighted by molar-refractivity contribution is 0.102. The van der Waals surface area contributed by atoms with Crippen LogP contribution < -0.4 is 11.1 Å². The molecular weight excluding hydrogens is 252 g/mol. The Morgan fingerprint density at radius 3 is 2.80 bits per heavy atom. The van der Waals surface area contributed by atoms with E-state index in [0.717, 1.165) is 5.56 Å². The van der Waals surface area contributed by atoms with Gasteiger partial charge in [-0.25, -0.2) is 9.97 Å². The molecule has 5 nitrogen and oxygen atoms in total. The first-order valence-electron chi connectivity index (χ1n) is 6.08. The third kappa shape index (κ3) is 3.40. The summed E-state index contributed by atoms with van der Waals surface area (Å²) in [6.07, 6.45) is 3.13. The number of anilines is 1. The zero-order valence-electron chi connectivity index (χ0n) is 11.1. The number of aryl methyl sites for hydroxylation is 1. The maximum absolute atomic E-state index is 12.3. The van der Waals surface area contributed by atoms with Crippen LogP contribution in [0.3, 0.4) is 0 Å². The lowest BCUT2D eigenvalue weighted by Crippen LogP contribution is -2.15. The number of hydrogen-bond acceptors (Lipinski definition) is 4. The van der Waals surface area contributed by atoms with Crippen LogP contribution in [0.15, 0.2) is 36.7 Å². The van der Waals surface area contributed by atoms with E-state index >= 15 is 0 Å². The average Bonchev–Trinajstić information content (AvgIpc) is 2.47. The van der Waals surface area contributed by atoms with Gasteiger partial charge in [0.15, 0.2) is 0 Å². The Morgan fingerprint density at radius 1 is 1.35 bits per heavy atom. The third-order valence-electron chi connectivity index (χ3n) is 2.54. The second-order valence-electron chi connectivity index (χ2n) is 4.08. The first-order chi connectivity index (χ1) is 9.70. The highest BCUT2D eigenvalue weighted by atomic mass is 16.1. The van der Waals surface area contributed by atoms with E-state index < -0.39 is 0 Å². The van der Waals surface area contributed by atoms with Crippen molar-refractivity contribution in [2.45, 2.75) is 6.92 Å². The van der Waals surface area contributed by atoms with Crippen molar-refractivity contribution in [3.63, 3.8) is 0 Å². The van der Waals surface area contributed by atoms with Crippen molar-refractivity contribution in [1.29, 1.82) is 0 Å². The van der Waals surface area contributed by atoms with Crippen LogP contribution in [-0.2, 0) is 0 Å². The zero-order valence-corrected chi connectivity index (χ0v) is 11.1. The summed E-state index contributed by atoms with van der Waals surface area (Å²) in [7, 11) is 0. The van der Waals surface area contributed by atoms with Gasteiger partial charge >= 0.3 is 0 Å². The molecule has 100 valence electrons. The van der Waals surface area contributed by atoms with Crippen LogP contribution in [-0.4, -0.2) is 22.4 Å². The van der Waals surface area contributed by atoms with Gasteiger partial charge in [0.2, 0.25) is 5.95 Å². The Bertz CT molecular complexity index is 671. The molecule has 20 heavy (non-hydrogen) atoms. The maximum Gasteiger partial charge on any atom is 0.259 e. The standard InChI is InChI=1S/C15H14N4O/c1-11-5-6-12(4-2-7-16)13(10-11)14(20)19-15-17-8-3-9-18-15/h3,5-6,8-10H,7,16H2,1H3,(H,17,18,19,20). The second-order valence-corrected chi connectivity index (χ2v) is 4.08. The highest BCUT2D eigenvalue weighted by Gasteiger charge is 2.11. The number of carbonyl (C=O) groups excluding carboxylic acids is 1. The molecule has 0 aliphatic carbocycles. The van der Waals surface area contributed by atoms with Gasteiger partial charge < -0.3 is 5.73 Å². The normalized spacial score (nSPS) is 9.50. The largest absolute Gasteiger partial charge is 0.320 e. The molecule has 2 rings (SSSR count). The summed E-state index contributed by atoms with van der Waals surface area (Å²) in [5, 5.41) is 2.64. The molecule has 5 heteroatoms. The molecule has 1 aromatic heterocycles. The van der Waals surface area contributed by atoms with Gasteiger partial charge in [-0.1, -0.05) is 23.5 Å². The maximum atomic E-state index is 12.3. The number of nitrogens with one attached hydrogen (secondary N) is 1. The molecular formula is C15H14N4O. The van der Waals surface area contributed by atoms with Gasteiger partial charge in [0, 0.05) is 18.0 Å². The Balaban J connectivity index is 2.31. The second kappa shape index (κ2) is 6.45. The van der Waals surface area contributed by atoms with E-state index in [1.807, 2.05) is 13.0 Å². The number of benzene rings is 1. The van der Waals surface area contributed by atoms with Gasteiger partial charge in [0.25, 0.3) is 5.91 Å². The smallest absolute Gasteiger partial charge is 0.259 e. The fourth-order valence-electron chi connectivity index (χ4n) is 1.63. The van der Waals surface area contributed by atoms with Crippen LogP contribution in [0.5, 0.6) is 0 Å². The fourth-order valence-corrected chi connectivity index (χ4v) is 1.63. The number of hydrogen-bond donors (Lipinski definition) is 2. The minimum Gasteiger partial charge on any atom is -0.320 e. The summed E-state index contributed by atoms with van der Waals surface area (Å²) >= 11 is 0. The van der Waals surface area contributed by atoms with Crippen molar-refractivity contribution < 1.29 is 4.79 Å². The summed E-state index contributed by atoms with van der Waals surface area (Å²) in [4.78, 5) is 20.2. The molecule has 0 aliphatic heterocycles. The quantitative estimate of drug-likeness (QED) is 0.804. The molecule has 0 saturated heterocycles. The average molecular weight is 266 g/mol. The first kappa shape index (κ1) is 13.7. The number of carbonyl (C=O) groups is 1.